The number of hydrogen-bond acceptors (Lipinski definition) is 3. The van der Waals surface area contributed by atoms with E-state index in [0.29, 0.717) is 5.22 Å². The van der Waals surface area contributed by atoms with Crippen molar-refractivity contribution in [1.82, 2.24) is 5.32 Å². The van der Waals surface area contributed by atoms with Gasteiger partial charge in [-0.1, -0.05) is 13.0 Å². The van der Waals surface area contributed by atoms with E-state index in [1.54, 1.807) is 13.2 Å². The minimum Gasteiger partial charge on any atom is -0.496 e. The largest absolute Gasteiger partial charge is 0.496 e. The Hall–Kier alpha value is -0.970. The van der Waals surface area contributed by atoms with Crippen molar-refractivity contribution in [1.29, 1.82) is 0 Å². The summed E-state index contributed by atoms with van der Waals surface area (Å²) in [5.74, 6) is 1.69. The molecule has 2 rings (SSSR count). The molecule has 1 heterocycles. The Morgan fingerprint density at radius 2 is 2.14 bits per heavy atom. The highest BCUT2D eigenvalue weighted by Crippen LogP contribution is 2.29. The monoisotopic (exact) mass is 371 g/mol. The summed E-state index contributed by atoms with van der Waals surface area (Å²) in [7, 11) is 1.66. The van der Waals surface area contributed by atoms with Crippen LogP contribution in [0, 0.1) is 0 Å². The molecule has 5 heteroatoms. The van der Waals surface area contributed by atoms with Gasteiger partial charge in [0.05, 0.1) is 17.6 Å². The molecule has 1 aromatic heterocycles. The van der Waals surface area contributed by atoms with Crippen LogP contribution in [0.4, 0.5) is 0 Å². The highest BCUT2D eigenvalue weighted by atomic mass is 79.9. The van der Waals surface area contributed by atoms with E-state index in [1.807, 2.05) is 12.1 Å². The Labute approximate surface area is 138 Å². The summed E-state index contributed by atoms with van der Waals surface area (Å²) in [6, 6.07) is 9.91. The Balaban J connectivity index is 2.16. The quantitative estimate of drug-likeness (QED) is 0.743. The third kappa shape index (κ3) is 4.50. The fourth-order valence-electron chi connectivity index (χ4n) is 2.18. The van der Waals surface area contributed by atoms with Crippen molar-refractivity contribution in [2.75, 3.05) is 13.7 Å². The third-order valence-corrected chi connectivity index (χ3v) is 4.06. The van der Waals surface area contributed by atoms with E-state index in [2.05, 4.69) is 40.3 Å². The molecule has 1 unspecified atom stereocenters. The molecule has 0 amide bonds. The van der Waals surface area contributed by atoms with Gasteiger partial charge in [-0.05, 0) is 76.7 Å². The van der Waals surface area contributed by atoms with Crippen molar-refractivity contribution < 1.29 is 9.15 Å². The SMILES string of the molecule is CCCNC(Cc1ccc(OC)c(Br)c1)c1ccc(Cl)o1. The maximum atomic E-state index is 5.89. The zero-order chi connectivity index (χ0) is 15.2. The minimum atomic E-state index is 0.109. The van der Waals surface area contributed by atoms with Gasteiger partial charge < -0.3 is 14.5 Å². The number of methoxy groups -OCH3 is 1. The van der Waals surface area contributed by atoms with Gasteiger partial charge in [0, 0.05) is 0 Å². The highest BCUT2D eigenvalue weighted by molar-refractivity contribution is 9.10. The zero-order valence-electron chi connectivity index (χ0n) is 12.2. The van der Waals surface area contributed by atoms with Gasteiger partial charge in [0.2, 0.25) is 0 Å². The number of benzene rings is 1. The van der Waals surface area contributed by atoms with E-state index in [1.165, 1.54) is 5.56 Å². The van der Waals surface area contributed by atoms with E-state index >= 15 is 0 Å². The molecule has 0 aliphatic carbocycles. The first-order chi connectivity index (χ1) is 10.1. The predicted octanol–water partition coefficient (Wildman–Crippen LogP) is 4.99. The van der Waals surface area contributed by atoms with Crippen molar-refractivity contribution in [2.45, 2.75) is 25.8 Å². The minimum absolute atomic E-state index is 0.109. The van der Waals surface area contributed by atoms with E-state index < -0.39 is 0 Å². The van der Waals surface area contributed by atoms with E-state index in [0.717, 1.165) is 35.4 Å². The number of nitrogens with one attached hydrogen (secondary N) is 1. The Kier molecular flexibility index (Phi) is 6.15. The van der Waals surface area contributed by atoms with Crippen LogP contribution in [0.25, 0.3) is 0 Å². The smallest absolute Gasteiger partial charge is 0.193 e. The predicted molar refractivity (Wildman–Crippen MR) is 89.2 cm³/mol. The summed E-state index contributed by atoms with van der Waals surface area (Å²) < 4.78 is 11.8. The van der Waals surface area contributed by atoms with E-state index in [4.69, 9.17) is 20.8 Å². The molecule has 0 aliphatic rings. The molecule has 0 bridgehead atoms. The van der Waals surface area contributed by atoms with Crippen LogP contribution in [0.15, 0.2) is 39.2 Å². The molecule has 21 heavy (non-hydrogen) atoms. The summed E-state index contributed by atoms with van der Waals surface area (Å²) in [4.78, 5) is 0. The molecular formula is C16H19BrClNO2. The van der Waals surface area contributed by atoms with E-state index in [-0.39, 0.29) is 6.04 Å². The second-order valence-corrected chi connectivity index (χ2v) is 6.05. The average molecular weight is 373 g/mol. The summed E-state index contributed by atoms with van der Waals surface area (Å²) in [5, 5.41) is 3.92. The maximum Gasteiger partial charge on any atom is 0.193 e. The highest BCUT2D eigenvalue weighted by Gasteiger charge is 2.16. The van der Waals surface area contributed by atoms with Crippen LogP contribution in [0.5, 0.6) is 5.75 Å². The zero-order valence-corrected chi connectivity index (χ0v) is 14.5. The molecule has 114 valence electrons. The van der Waals surface area contributed by atoms with Gasteiger partial charge in [-0.3, -0.25) is 0 Å². The van der Waals surface area contributed by atoms with Crippen molar-refractivity contribution in [3.05, 3.63) is 51.3 Å². The summed E-state index contributed by atoms with van der Waals surface area (Å²) >= 11 is 9.41. The van der Waals surface area contributed by atoms with Crippen LogP contribution < -0.4 is 10.1 Å². The number of ether oxygens (including phenoxy) is 1. The molecule has 0 aliphatic heterocycles. The number of halogens is 2. The summed E-state index contributed by atoms with van der Waals surface area (Å²) in [5.41, 5.74) is 1.20. The molecular weight excluding hydrogens is 354 g/mol. The molecule has 3 nitrogen and oxygen atoms in total. The topological polar surface area (TPSA) is 34.4 Å². The lowest BCUT2D eigenvalue weighted by Crippen LogP contribution is -2.23. The first-order valence-electron chi connectivity index (χ1n) is 6.95. The second-order valence-electron chi connectivity index (χ2n) is 4.82. The van der Waals surface area contributed by atoms with Gasteiger partial charge in [0.1, 0.15) is 11.5 Å². The van der Waals surface area contributed by atoms with Crippen molar-refractivity contribution >= 4 is 27.5 Å². The fraction of sp³-hybridized carbons (Fsp3) is 0.375. The first-order valence-corrected chi connectivity index (χ1v) is 8.12. The fourth-order valence-corrected chi connectivity index (χ4v) is 2.92. The Morgan fingerprint density at radius 3 is 2.71 bits per heavy atom. The number of hydrogen-bond donors (Lipinski definition) is 1. The van der Waals surface area contributed by atoms with Crippen LogP contribution in [0.2, 0.25) is 5.22 Å². The third-order valence-electron chi connectivity index (χ3n) is 3.23. The molecule has 0 radical (unpaired) electrons. The van der Waals surface area contributed by atoms with Gasteiger partial charge in [-0.25, -0.2) is 0 Å². The van der Waals surface area contributed by atoms with Crippen molar-refractivity contribution in [3.63, 3.8) is 0 Å². The van der Waals surface area contributed by atoms with Gasteiger partial charge in [0.15, 0.2) is 5.22 Å². The van der Waals surface area contributed by atoms with E-state index in [9.17, 15) is 0 Å². The number of furan rings is 1. The standard InChI is InChI=1S/C16H19BrClNO2/c1-3-8-19-13(15-6-7-16(18)21-15)10-11-4-5-14(20-2)12(17)9-11/h4-7,9,13,19H,3,8,10H2,1-2H3. The molecule has 1 N–H and O–H groups in total. The van der Waals surface area contributed by atoms with Gasteiger partial charge in [-0.15, -0.1) is 0 Å². The molecule has 1 atom stereocenters. The average Bonchev–Trinajstić information content (AvgIpc) is 2.90. The van der Waals surface area contributed by atoms with Gasteiger partial charge in [0.25, 0.3) is 0 Å². The van der Waals surface area contributed by atoms with Crippen LogP contribution in [0.3, 0.4) is 0 Å². The second kappa shape index (κ2) is 7.87. The molecule has 0 saturated heterocycles. The van der Waals surface area contributed by atoms with Crippen molar-refractivity contribution in [3.8, 4) is 5.75 Å². The Bertz CT molecular complexity index is 585. The maximum absolute atomic E-state index is 5.89. The van der Waals surface area contributed by atoms with Gasteiger partial charge in [-0.2, -0.15) is 0 Å². The molecule has 0 spiro atoms. The van der Waals surface area contributed by atoms with Crippen molar-refractivity contribution in [2.24, 2.45) is 0 Å². The molecule has 0 fully saturated rings. The van der Waals surface area contributed by atoms with Crippen LogP contribution in [0.1, 0.15) is 30.7 Å². The van der Waals surface area contributed by atoms with Crippen LogP contribution in [-0.4, -0.2) is 13.7 Å². The molecule has 0 saturated carbocycles. The lowest BCUT2D eigenvalue weighted by molar-refractivity contribution is 0.407. The summed E-state index contributed by atoms with van der Waals surface area (Å²) in [6.45, 7) is 3.07. The normalized spacial score (nSPS) is 12.4. The number of rotatable bonds is 7. The lowest BCUT2D eigenvalue weighted by Gasteiger charge is -2.17. The van der Waals surface area contributed by atoms with Crippen LogP contribution in [-0.2, 0) is 6.42 Å². The lowest BCUT2D eigenvalue weighted by atomic mass is 10.0. The van der Waals surface area contributed by atoms with Gasteiger partial charge >= 0.3 is 0 Å². The molecule has 1 aromatic carbocycles. The first kappa shape index (κ1) is 16.4. The Morgan fingerprint density at radius 1 is 1.33 bits per heavy atom. The summed E-state index contributed by atoms with van der Waals surface area (Å²) in [6.07, 6.45) is 1.89. The molecule has 2 aromatic rings. The van der Waals surface area contributed by atoms with Crippen LogP contribution >= 0.6 is 27.5 Å².